The number of aryl methyl sites for hydroxylation is 1. The molecule has 188 valence electrons. The highest BCUT2D eigenvalue weighted by molar-refractivity contribution is 5.88. The van der Waals surface area contributed by atoms with Crippen molar-refractivity contribution in [2.24, 2.45) is 11.8 Å². The fourth-order valence-corrected chi connectivity index (χ4v) is 5.39. The lowest BCUT2D eigenvalue weighted by molar-refractivity contribution is -0.142. The van der Waals surface area contributed by atoms with Gasteiger partial charge in [0.1, 0.15) is 23.0 Å². The number of benzene rings is 3. The Labute approximate surface area is 202 Å². The minimum atomic E-state index is -5.17. The van der Waals surface area contributed by atoms with Crippen LogP contribution >= 0.6 is 0 Å². The molecule has 0 bridgehead atoms. The summed E-state index contributed by atoms with van der Waals surface area (Å²) in [6.07, 6.45) is 5.88. The Morgan fingerprint density at radius 2 is 1.43 bits per heavy atom. The first kappa shape index (κ1) is 25.6. The highest BCUT2D eigenvalue weighted by Gasteiger charge is 2.38. The van der Waals surface area contributed by atoms with Gasteiger partial charge >= 0.3 is 6.18 Å². The van der Waals surface area contributed by atoms with Crippen molar-refractivity contribution >= 4 is 10.8 Å². The van der Waals surface area contributed by atoms with Crippen LogP contribution in [0.3, 0.4) is 0 Å². The summed E-state index contributed by atoms with van der Waals surface area (Å²) in [6.45, 7) is 2.23. The zero-order chi connectivity index (χ0) is 25.2. The lowest BCUT2D eigenvalue weighted by Crippen LogP contribution is -2.15. The molecule has 6 heteroatoms. The van der Waals surface area contributed by atoms with Crippen molar-refractivity contribution in [2.75, 3.05) is 0 Å². The van der Waals surface area contributed by atoms with E-state index < -0.39 is 29.2 Å². The van der Waals surface area contributed by atoms with E-state index >= 15 is 4.39 Å². The van der Waals surface area contributed by atoms with Gasteiger partial charge in [0.15, 0.2) is 0 Å². The molecule has 1 fully saturated rings. The minimum Gasteiger partial charge on any atom is -0.206 e. The largest absolute Gasteiger partial charge is 0.422 e. The average molecular weight is 493 g/mol. The number of fused-ring (bicyclic) bond motifs is 1. The predicted octanol–water partition coefficient (Wildman–Crippen LogP) is 9.87. The second-order valence-corrected chi connectivity index (χ2v) is 9.86. The van der Waals surface area contributed by atoms with Crippen molar-refractivity contribution in [3.63, 3.8) is 0 Å². The van der Waals surface area contributed by atoms with Gasteiger partial charge in [0.25, 0.3) is 0 Å². The fourth-order valence-electron chi connectivity index (χ4n) is 5.39. The molecule has 3 aromatic carbocycles. The van der Waals surface area contributed by atoms with Gasteiger partial charge in [-0.1, -0.05) is 82.2 Å². The van der Waals surface area contributed by atoms with Crippen LogP contribution in [0.5, 0.6) is 0 Å². The quantitative estimate of drug-likeness (QED) is 0.288. The van der Waals surface area contributed by atoms with E-state index in [0.717, 1.165) is 24.3 Å². The molecule has 3 aromatic rings. The van der Waals surface area contributed by atoms with Gasteiger partial charge in [0.2, 0.25) is 0 Å². The smallest absolute Gasteiger partial charge is 0.206 e. The van der Waals surface area contributed by atoms with Crippen LogP contribution in [0.25, 0.3) is 21.9 Å². The highest BCUT2D eigenvalue weighted by Crippen LogP contribution is 2.38. The summed E-state index contributed by atoms with van der Waals surface area (Å²) in [6, 6.07) is 9.48. The van der Waals surface area contributed by atoms with Gasteiger partial charge < -0.3 is 0 Å². The van der Waals surface area contributed by atoms with Crippen LogP contribution < -0.4 is 0 Å². The van der Waals surface area contributed by atoms with Crippen molar-refractivity contribution in [1.82, 2.24) is 0 Å². The maximum Gasteiger partial charge on any atom is 0.422 e. The van der Waals surface area contributed by atoms with E-state index in [2.05, 4.69) is 6.92 Å². The van der Waals surface area contributed by atoms with E-state index in [1.165, 1.54) is 51.0 Å². The average Bonchev–Trinajstić information content (AvgIpc) is 2.81. The maximum absolute atomic E-state index is 15.2. The highest BCUT2D eigenvalue weighted by atomic mass is 19.4. The summed E-state index contributed by atoms with van der Waals surface area (Å²) in [5.74, 6) is -2.65. The molecule has 0 aromatic heterocycles. The second kappa shape index (κ2) is 10.6. The summed E-state index contributed by atoms with van der Waals surface area (Å²) >= 11 is 0. The molecule has 1 aliphatic rings. The van der Waals surface area contributed by atoms with Crippen molar-refractivity contribution in [3.05, 3.63) is 71.0 Å². The number of hydrogen-bond acceptors (Lipinski definition) is 0. The molecular formula is C29H30F6. The summed E-state index contributed by atoms with van der Waals surface area (Å²) in [4.78, 5) is 0. The first-order chi connectivity index (χ1) is 16.7. The lowest BCUT2D eigenvalue weighted by Gasteiger charge is -2.28. The first-order valence-corrected chi connectivity index (χ1v) is 12.4. The van der Waals surface area contributed by atoms with Crippen LogP contribution in [-0.4, -0.2) is 0 Å². The molecule has 0 aliphatic heterocycles. The van der Waals surface area contributed by atoms with Crippen molar-refractivity contribution in [1.29, 1.82) is 0 Å². The molecule has 0 N–H and O–H groups in total. The van der Waals surface area contributed by atoms with Gasteiger partial charge in [0, 0.05) is 10.9 Å². The number of hydrogen-bond donors (Lipinski definition) is 0. The fraction of sp³-hybridized carbons (Fsp3) is 0.448. The molecule has 0 radical (unpaired) electrons. The van der Waals surface area contributed by atoms with Gasteiger partial charge in [-0.3, -0.25) is 0 Å². The van der Waals surface area contributed by atoms with Gasteiger partial charge in [-0.05, 0) is 53.3 Å². The summed E-state index contributed by atoms with van der Waals surface area (Å²) in [7, 11) is 0. The van der Waals surface area contributed by atoms with Crippen LogP contribution in [0.1, 0.15) is 69.4 Å². The Balaban J connectivity index is 1.48. The third-order valence-corrected chi connectivity index (χ3v) is 7.43. The van der Waals surface area contributed by atoms with E-state index in [4.69, 9.17) is 0 Å². The molecule has 1 saturated carbocycles. The normalized spacial score (nSPS) is 18.8. The predicted molar refractivity (Wildman–Crippen MR) is 128 cm³/mol. The molecule has 35 heavy (non-hydrogen) atoms. The van der Waals surface area contributed by atoms with E-state index in [0.29, 0.717) is 23.4 Å². The lowest BCUT2D eigenvalue weighted by atomic mass is 9.78. The van der Waals surface area contributed by atoms with Gasteiger partial charge in [-0.25, -0.2) is 13.2 Å². The standard InChI is InChI=1S/C29H30F6/c1-2-3-4-18-5-7-19(8-6-18)9-10-20-11-13-23-21(15-20)12-14-24(28(23)32)22-16-25(30)27(26(31)17-22)29(33,34)35/h11-19H,2-10H2,1H3/t18-,19-. The third-order valence-electron chi connectivity index (χ3n) is 7.43. The van der Waals surface area contributed by atoms with Crippen LogP contribution in [0.15, 0.2) is 42.5 Å². The van der Waals surface area contributed by atoms with Crippen molar-refractivity contribution in [3.8, 4) is 11.1 Å². The Bertz CT molecular complexity index is 1150. The zero-order valence-corrected chi connectivity index (χ0v) is 19.8. The van der Waals surface area contributed by atoms with Crippen LogP contribution in [0.2, 0.25) is 0 Å². The maximum atomic E-state index is 15.2. The molecule has 4 rings (SSSR count). The van der Waals surface area contributed by atoms with Crippen LogP contribution in [-0.2, 0) is 12.6 Å². The Morgan fingerprint density at radius 3 is 2.03 bits per heavy atom. The monoisotopic (exact) mass is 492 g/mol. The Kier molecular flexibility index (Phi) is 7.77. The number of halogens is 6. The third kappa shape index (κ3) is 5.84. The molecule has 0 nitrogen and oxygen atoms in total. The molecule has 0 spiro atoms. The van der Waals surface area contributed by atoms with Crippen LogP contribution in [0.4, 0.5) is 26.3 Å². The van der Waals surface area contributed by atoms with E-state index in [1.54, 1.807) is 12.1 Å². The SMILES string of the molecule is CCCC[C@H]1CC[C@H](CCc2ccc3c(F)c(-c4cc(F)c(C(F)(F)F)c(F)c4)ccc3c2)CC1. The molecular weight excluding hydrogens is 462 g/mol. The number of unbranched alkanes of at least 4 members (excludes halogenated alkanes) is 1. The summed E-state index contributed by atoms with van der Waals surface area (Å²) in [5, 5.41) is 0.920. The molecule has 1 aliphatic carbocycles. The van der Waals surface area contributed by atoms with Gasteiger partial charge in [-0.2, -0.15) is 13.2 Å². The van der Waals surface area contributed by atoms with Crippen molar-refractivity contribution < 1.29 is 26.3 Å². The van der Waals surface area contributed by atoms with E-state index in [-0.39, 0.29) is 16.5 Å². The Morgan fingerprint density at radius 1 is 0.800 bits per heavy atom. The van der Waals surface area contributed by atoms with Gasteiger partial charge in [0.05, 0.1) is 0 Å². The number of rotatable bonds is 7. The molecule has 0 saturated heterocycles. The first-order valence-electron chi connectivity index (χ1n) is 12.4. The molecule has 0 atom stereocenters. The number of alkyl halides is 3. The molecule has 0 heterocycles. The molecule has 0 amide bonds. The minimum absolute atomic E-state index is 0.142. The Hall–Kier alpha value is -2.50. The van der Waals surface area contributed by atoms with Crippen LogP contribution in [0, 0.1) is 29.3 Å². The summed E-state index contributed by atoms with van der Waals surface area (Å²) < 4.78 is 81.8. The van der Waals surface area contributed by atoms with Crippen molar-refractivity contribution in [2.45, 2.75) is 70.9 Å². The second-order valence-electron chi connectivity index (χ2n) is 9.86. The zero-order valence-electron chi connectivity index (χ0n) is 19.8. The molecule has 0 unspecified atom stereocenters. The van der Waals surface area contributed by atoms with E-state index in [1.807, 2.05) is 12.1 Å². The summed E-state index contributed by atoms with van der Waals surface area (Å²) in [5.41, 5.74) is -1.28. The van der Waals surface area contributed by atoms with Gasteiger partial charge in [-0.15, -0.1) is 0 Å². The van der Waals surface area contributed by atoms with E-state index in [9.17, 15) is 22.0 Å². The topological polar surface area (TPSA) is 0 Å².